The third kappa shape index (κ3) is 5.23. The zero-order valence-corrected chi connectivity index (χ0v) is 21.2. The van der Waals surface area contributed by atoms with Crippen molar-refractivity contribution in [2.24, 2.45) is 5.41 Å². The van der Waals surface area contributed by atoms with Crippen LogP contribution < -0.4 is 9.80 Å². The summed E-state index contributed by atoms with van der Waals surface area (Å²) < 4.78 is 11.1. The molecule has 0 radical (unpaired) electrons. The molecule has 3 aromatic rings. The summed E-state index contributed by atoms with van der Waals surface area (Å²) in [5.41, 5.74) is 2.57. The molecule has 0 spiro atoms. The molecule has 6 nitrogen and oxygen atoms in total. The molecule has 1 unspecified atom stereocenters. The van der Waals surface area contributed by atoms with Gasteiger partial charge >= 0.3 is 11.9 Å². The molecule has 188 valence electrons. The van der Waals surface area contributed by atoms with Crippen LogP contribution in [0.4, 0.5) is 11.4 Å². The number of benzene rings is 3. The zero-order valence-electron chi connectivity index (χ0n) is 21.2. The molecule has 0 bridgehead atoms. The molecule has 1 aliphatic heterocycles. The summed E-state index contributed by atoms with van der Waals surface area (Å²) in [7, 11) is 0. The van der Waals surface area contributed by atoms with Crippen molar-refractivity contribution in [2.75, 3.05) is 36.2 Å². The molecule has 1 atom stereocenters. The second-order valence-electron chi connectivity index (χ2n) is 9.14. The van der Waals surface area contributed by atoms with Gasteiger partial charge in [0, 0.05) is 24.3 Å². The van der Waals surface area contributed by atoms with Gasteiger partial charge in [-0.3, -0.25) is 9.59 Å². The average molecular weight is 487 g/mol. The second-order valence-corrected chi connectivity index (χ2v) is 9.14. The summed E-state index contributed by atoms with van der Waals surface area (Å²) in [6, 6.07) is 28.0. The Balaban J connectivity index is 1.93. The number of hydrogen-bond donors (Lipinski definition) is 0. The number of nitrogens with zero attached hydrogens (tertiary/aromatic N) is 2. The van der Waals surface area contributed by atoms with E-state index in [9.17, 15) is 9.59 Å². The molecule has 0 aliphatic carbocycles. The first-order chi connectivity index (χ1) is 17.5. The number of rotatable bonds is 7. The van der Waals surface area contributed by atoms with Crippen LogP contribution in [0.3, 0.4) is 0 Å². The minimum absolute atomic E-state index is 0.153. The number of aryl methyl sites for hydroxylation is 1. The van der Waals surface area contributed by atoms with E-state index in [1.165, 1.54) is 0 Å². The van der Waals surface area contributed by atoms with Crippen molar-refractivity contribution in [3.8, 4) is 0 Å². The maximum absolute atomic E-state index is 13.7. The molecule has 1 saturated heterocycles. The molecule has 36 heavy (non-hydrogen) atoms. The van der Waals surface area contributed by atoms with Gasteiger partial charge in [0.15, 0.2) is 5.41 Å². The Hall–Kier alpha value is -3.80. The fourth-order valence-corrected chi connectivity index (χ4v) is 4.95. The number of carbonyl (C=O) groups is 2. The van der Waals surface area contributed by atoms with Crippen molar-refractivity contribution in [1.82, 2.24) is 0 Å². The van der Waals surface area contributed by atoms with Crippen LogP contribution in [-0.2, 0) is 19.1 Å². The third-order valence-electron chi connectivity index (χ3n) is 6.67. The van der Waals surface area contributed by atoms with Crippen LogP contribution in [0.5, 0.6) is 0 Å². The highest BCUT2D eigenvalue weighted by atomic mass is 16.6. The molecule has 0 aromatic heterocycles. The zero-order chi connectivity index (χ0) is 25.5. The van der Waals surface area contributed by atoms with Gasteiger partial charge in [0.1, 0.15) is 0 Å². The van der Waals surface area contributed by atoms with E-state index in [0.29, 0.717) is 6.67 Å². The molecule has 0 N–H and O–H groups in total. The van der Waals surface area contributed by atoms with E-state index in [0.717, 1.165) is 22.5 Å². The monoisotopic (exact) mass is 486 g/mol. The summed E-state index contributed by atoms with van der Waals surface area (Å²) in [6.45, 7) is 6.57. The van der Waals surface area contributed by atoms with E-state index in [1.807, 2.05) is 67.6 Å². The first-order valence-electron chi connectivity index (χ1n) is 12.5. The SMILES string of the molecule is CCOC(=O)C1(C(=O)OCC)CC(c2cccc(C)c2)N(c2ccccc2)CN(c2ccccc2)C1. The van der Waals surface area contributed by atoms with Gasteiger partial charge < -0.3 is 19.3 Å². The van der Waals surface area contributed by atoms with E-state index in [4.69, 9.17) is 9.47 Å². The van der Waals surface area contributed by atoms with Crippen molar-refractivity contribution in [2.45, 2.75) is 33.2 Å². The lowest BCUT2D eigenvalue weighted by Crippen LogP contribution is -2.50. The maximum atomic E-state index is 13.7. The predicted octanol–water partition coefficient (Wildman–Crippen LogP) is 5.52. The maximum Gasteiger partial charge on any atom is 0.325 e. The van der Waals surface area contributed by atoms with Gasteiger partial charge in [-0.05, 0) is 50.6 Å². The second kappa shape index (κ2) is 11.3. The van der Waals surface area contributed by atoms with E-state index in [2.05, 4.69) is 34.1 Å². The Labute approximate surface area is 213 Å². The molecular formula is C30H34N2O4. The van der Waals surface area contributed by atoms with Crippen LogP contribution in [0.15, 0.2) is 84.9 Å². The highest BCUT2D eigenvalue weighted by molar-refractivity contribution is 6.01. The number of esters is 2. The van der Waals surface area contributed by atoms with Crippen molar-refractivity contribution < 1.29 is 19.1 Å². The molecule has 4 rings (SSSR count). The topological polar surface area (TPSA) is 59.1 Å². The van der Waals surface area contributed by atoms with Gasteiger partial charge in [0.2, 0.25) is 0 Å². The van der Waals surface area contributed by atoms with Gasteiger partial charge in [-0.15, -0.1) is 0 Å². The Morgan fingerprint density at radius 2 is 1.42 bits per heavy atom. The lowest BCUT2D eigenvalue weighted by atomic mass is 9.79. The van der Waals surface area contributed by atoms with E-state index in [1.54, 1.807) is 13.8 Å². The molecule has 1 aliphatic rings. The number of ether oxygens (including phenoxy) is 2. The van der Waals surface area contributed by atoms with Crippen molar-refractivity contribution in [3.63, 3.8) is 0 Å². The van der Waals surface area contributed by atoms with Gasteiger partial charge in [0.05, 0.1) is 25.9 Å². The minimum Gasteiger partial charge on any atom is -0.465 e. The smallest absolute Gasteiger partial charge is 0.325 e. The molecule has 3 aromatic carbocycles. The van der Waals surface area contributed by atoms with E-state index >= 15 is 0 Å². The largest absolute Gasteiger partial charge is 0.465 e. The van der Waals surface area contributed by atoms with Crippen LogP contribution >= 0.6 is 0 Å². The Bertz CT molecular complexity index is 1150. The van der Waals surface area contributed by atoms with Crippen LogP contribution in [0.2, 0.25) is 0 Å². The predicted molar refractivity (Wildman–Crippen MR) is 142 cm³/mol. The number of para-hydroxylation sites is 2. The fraction of sp³-hybridized carbons (Fsp3) is 0.333. The van der Waals surface area contributed by atoms with Crippen LogP contribution in [-0.4, -0.2) is 38.4 Å². The standard InChI is InChI=1S/C30H34N2O4/c1-4-35-28(33)30(29(34)36-5-2)20-27(24-14-12-13-23(3)19-24)32(26-17-10-7-11-18-26)22-31(21-30)25-15-8-6-9-16-25/h6-19,27H,4-5,20-22H2,1-3H3. The first-order valence-corrected chi connectivity index (χ1v) is 12.5. The van der Waals surface area contributed by atoms with Crippen molar-refractivity contribution in [3.05, 3.63) is 96.1 Å². The van der Waals surface area contributed by atoms with Crippen LogP contribution in [0, 0.1) is 12.3 Å². The Kier molecular flexibility index (Phi) is 7.93. The van der Waals surface area contributed by atoms with Crippen LogP contribution in [0.1, 0.15) is 37.4 Å². The lowest BCUT2D eigenvalue weighted by molar-refractivity contribution is -0.172. The van der Waals surface area contributed by atoms with Crippen molar-refractivity contribution in [1.29, 1.82) is 0 Å². The average Bonchev–Trinajstić information content (AvgIpc) is 3.09. The lowest BCUT2D eigenvalue weighted by Gasteiger charge is -2.36. The molecular weight excluding hydrogens is 452 g/mol. The van der Waals surface area contributed by atoms with Gasteiger partial charge in [-0.2, -0.15) is 0 Å². The number of hydrogen-bond acceptors (Lipinski definition) is 6. The molecule has 1 heterocycles. The Morgan fingerprint density at radius 3 is 1.97 bits per heavy atom. The fourth-order valence-electron chi connectivity index (χ4n) is 4.95. The molecule has 0 amide bonds. The summed E-state index contributed by atoms with van der Waals surface area (Å²) in [5.74, 6) is -1.09. The van der Waals surface area contributed by atoms with E-state index in [-0.39, 0.29) is 32.2 Å². The summed E-state index contributed by atoms with van der Waals surface area (Å²) in [5, 5.41) is 0. The van der Waals surface area contributed by atoms with E-state index < -0.39 is 17.4 Å². The minimum atomic E-state index is -1.50. The van der Waals surface area contributed by atoms with Gasteiger partial charge in [0.25, 0.3) is 0 Å². The number of anilines is 2. The molecule has 0 saturated carbocycles. The van der Waals surface area contributed by atoms with Gasteiger partial charge in [-0.1, -0.05) is 66.2 Å². The Morgan fingerprint density at radius 1 is 0.833 bits per heavy atom. The molecule has 1 fully saturated rings. The van der Waals surface area contributed by atoms with Crippen LogP contribution in [0.25, 0.3) is 0 Å². The summed E-state index contributed by atoms with van der Waals surface area (Å²) in [4.78, 5) is 31.7. The highest BCUT2D eigenvalue weighted by Crippen LogP contribution is 2.43. The highest BCUT2D eigenvalue weighted by Gasteiger charge is 2.54. The quantitative estimate of drug-likeness (QED) is 0.324. The molecule has 6 heteroatoms. The number of carbonyl (C=O) groups excluding carboxylic acids is 2. The third-order valence-corrected chi connectivity index (χ3v) is 6.67. The normalized spacial score (nSPS) is 17.2. The van der Waals surface area contributed by atoms with Gasteiger partial charge in [-0.25, -0.2) is 0 Å². The summed E-state index contributed by atoms with van der Waals surface area (Å²) >= 11 is 0. The first kappa shape index (κ1) is 25.3. The summed E-state index contributed by atoms with van der Waals surface area (Å²) in [6.07, 6.45) is 0.229. The van der Waals surface area contributed by atoms with Crippen molar-refractivity contribution >= 4 is 23.3 Å².